The van der Waals surface area contributed by atoms with Crippen molar-refractivity contribution in [1.82, 2.24) is 9.47 Å². The van der Waals surface area contributed by atoms with Gasteiger partial charge in [-0.1, -0.05) is 61.9 Å². The number of carbonyl (C=O) groups excluding carboxylic acids is 1. The van der Waals surface area contributed by atoms with Crippen LogP contribution in [-0.4, -0.2) is 29.0 Å². The molecule has 2 heterocycles. The van der Waals surface area contributed by atoms with Crippen LogP contribution in [0.15, 0.2) is 72.8 Å². The van der Waals surface area contributed by atoms with Crippen molar-refractivity contribution in [3.05, 3.63) is 89.5 Å². The van der Waals surface area contributed by atoms with Crippen LogP contribution < -0.4 is 4.74 Å². The smallest absolute Gasteiger partial charge is 0.255 e. The maximum Gasteiger partial charge on any atom is 0.255 e. The Kier molecular flexibility index (Phi) is 5.22. The second kappa shape index (κ2) is 8.19. The summed E-state index contributed by atoms with van der Waals surface area (Å²) in [4.78, 5) is 15.5. The van der Waals surface area contributed by atoms with Gasteiger partial charge in [-0.2, -0.15) is 0 Å². The second-order valence-corrected chi connectivity index (χ2v) is 8.41. The van der Waals surface area contributed by atoms with Crippen LogP contribution in [0, 0.1) is 0 Å². The number of hydrogen-bond acceptors (Lipinski definition) is 2. The van der Waals surface area contributed by atoms with Crippen LogP contribution >= 0.6 is 0 Å². The van der Waals surface area contributed by atoms with Crippen LogP contribution in [0.25, 0.3) is 22.2 Å². The quantitative estimate of drug-likeness (QED) is 0.369. The molecule has 0 saturated carbocycles. The van der Waals surface area contributed by atoms with Crippen LogP contribution in [0.1, 0.15) is 47.3 Å². The minimum Gasteiger partial charge on any atom is -0.497 e. The zero-order valence-corrected chi connectivity index (χ0v) is 18.8. The lowest BCUT2D eigenvalue weighted by Crippen LogP contribution is -2.30. The fraction of sp³-hybridized carbons (Fsp3) is 0.250. The SMILES string of the molecule is CCCCN1C(=O)c2ccccc2[C@@H]1c1c(-c2cccc(OC)c2)n(C)c2ccccc12. The van der Waals surface area contributed by atoms with Crippen molar-refractivity contribution < 1.29 is 9.53 Å². The topological polar surface area (TPSA) is 34.5 Å². The van der Waals surface area contributed by atoms with E-state index in [-0.39, 0.29) is 11.9 Å². The molecule has 0 bridgehead atoms. The fourth-order valence-electron chi connectivity index (χ4n) is 5.06. The molecule has 4 aromatic rings. The number of unbranched alkanes of at least 4 members (excludes halogenated alkanes) is 1. The molecule has 1 aliphatic heterocycles. The van der Waals surface area contributed by atoms with E-state index in [1.807, 2.05) is 30.3 Å². The summed E-state index contributed by atoms with van der Waals surface area (Å²) < 4.78 is 7.78. The van der Waals surface area contributed by atoms with Crippen molar-refractivity contribution in [2.45, 2.75) is 25.8 Å². The molecule has 4 nitrogen and oxygen atoms in total. The summed E-state index contributed by atoms with van der Waals surface area (Å²) >= 11 is 0. The van der Waals surface area contributed by atoms with E-state index < -0.39 is 0 Å². The largest absolute Gasteiger partial charge is 0.497 e. The van der Waals surface area contributed by atoms with Gasteiger partial charge < -0.3 is 14.2 Å². The van der Waals surface area contributed by atoms with Crippen LogP contribution in [0.4, 0.5) is 0 Å². The van der Waals surface area contributed by atoms with Gasteiger partial charge in [-0.25, -0.2) is 0 Å². The third kappa shape index (κ3) is 3.10. The van der Waals surface area contributed by atoms with E-state index in [1.54, 1.807) is 7.11 Å². The first kappa shape index (κ1) is 20.4. The Morgan fingerprint density at radius 2 is 1.75 bits per heavy atom. The average Bonchev–Trinajstić information content (AvgIpc) is 3.28. The summed E-state index contributed by atoms with van der Waals surface area (Å²) in [6.07, 6.45) is 2.03. The van der Waals surface area contributed by atoms with Crippen LogP contribution in [-0.2, 0) is 7.05 Å². The minimum absolute atomic E-state index is 0.113. The van der Waals surface area contributed by atoms with Gasteiger partial charge >= 0.3 is 0 Å². The Morgan fingerprint density at radius 1 is 0.969 bits per heavy atom. The molecular weight excluding hydrogens is 396 g/mol. The van der Waals surface area contributed by atoms with Gasteiger partial charge in [0.25, 0.3) is 5.91 Å². The number of aryl methyl sites for hydroxylation is 1. The third-order valence-corrected chi connectivity index (χ3v) is 6.57. The standard InChI is InChI=1S/C28H28N2O2/c1-4-5-17-30-27(21-13-6-7-14-22(21)28(30)31)25-23-15-8-9-16-24(23)29(2)26(25)19-11-10-12-20(18-19)32-3/h6-16,18,27H,4-5,17H2,1-3H3/t27-/m1/s1. The summed E-state index contributed by atoms with van der Waals surface area (Å²) in [5.74, 6) is 0.952. The number of fused-ring (bicyclic) bond motifs is 2. The number of rotatable bonds is 6. The Bertz CT molecular complexity index is 1300. The molecule has 0 N–H and O–H groups in total. The van der Waals surface area contributed by atoms with E-state index in [9.17, 15) is 4.79 Å². The van der Waals surface area contributed by atoms with E-state index >= 15 is 0 Å². The van der Waals surface area contributed by atoms with Crippen LogP contribution in [0.2, 0.25) is 0 Å². The lowest BCUT2D eigenvalue weighted by molar-refractivity contribution is 0.0748. The Labute approximate surface area is 189 Å². The summed E-state index contributed by atoms with van der Waals surface area (Å²) in [5, 5.41) is 1.18. The van der Waals surface area contributed by atoms with Crippen molar-refractivity contribution >= 4 is 16.8 Å². The summed E-state index contributed by atoms with van der Waals surface area (Å²) in [5.41, 5.74) is 6.47. The first-order valence-electron chi connectivity index (χ1n) is 11.3. The maximum absolute atomic E-state index is 13.5. The minimum atomic E-state index is -0.113. The van der Waals surface area contributed by atoms with Gasteiger partial charge in [0.2, 0.25) is 0 Å². The number of methoxy groups -OCH3 is 1. The molecule has 1 aromatic heterocycles. The van der Waals surface area contributed by atoms with Gasteiger partial charge in [-0.15, -0.1) is 0 Å². The molecule has 0 aliphatic carbocycles. The second-order valence-electron chi connectivity index (χ2n) is 8.41. The van der Waals surface area contributed by atoms with Crippen molar-refractivity contribution in [2.75, 3.05) is 13.7 Å². The molecule has 1 atom stereocenters. The van der Waals surface area contributed by atoms with E-state index in [2.05, 4.69) is 65.9 Å². The Hall–Kier alpha value is -3.53. The molecule has 32 heavy (non-hydrogen) atoms. The summed E-state index contributed by atoms with van der Waals surface area (Å²) in [6, 6.07) is 24.7. The fourth-order valence-corrected chi connectivity index (χ4v) is 5.06. The van der Waals surface area contributed by atoms with Crippen LogP contribution in [0.3, 0.4) is 0 Å². The van der Waals surface area contributed by atoms with Gasteiger partial charge in [0.05, 0.1) is 18.8 Å². The molecule has 1 amide bonds. The lowest BCUT2D eigenvalue weighted by Gasteiger charge is -2.27. The molecule has 3 aromatic carbocycles. The molecule has 0 fully saturated rings. The monoisotopic (exact) mass is 424 g/mol. The molecule has 0 spiro atoms. The molecule has 162 valence electrons. The van der Waals surface area contributed by atoms with Crippen molar-refractivity contribution in [3.8, 4) is 17.0 Å². The predicted octanol–water partition coefficient (Wildman–Crippen LogP) is 6.20. The molecule has 5 rings (SSSR count). The third-order valence-electron chi connectivity index (χ3n) is 6.57. The lowest BCUT2D eigenvalue weighted by atomic mass is 9.93. The number of ether oxygens (including phenoxy) is 1. The van der Waals surface area contributed by atoms with E-state index in [0.29, 0.717) is 0 Å². The highest BCUT2D eigenvalue weighted by Crippen LogP contribution is 2.46. The van der Waals surface area contributed by atoms with Gasteiger partial charge in [0.15, 0.2) is 0 Å². The molecule has 0 saturated heterocycles. The molecule has 4 heteroatoms. The number of amides is 1. The zero-order valence-electron chi connectivity index (χ0n) is 18.8. The first-order chi connectivity index (χ1) is 15.7. The van der Waals surface area contributed by atoms with E-state index in [1.165, 1.54) is 10.9 Å². The highest BCUT2D eigenvalue weighted by molar-refractivity contribution is 6.02. The highest BCUT2D eigenvalue weighted by Gasteiger charge is 2.40. The van der Waals surface area contributed by atoms with Gasteiger partial charge in [0, 0.05) is 41.2 Å². The average molecular weight is 425 g/mol. The molecule has 1 aliphatic rings. The Morgan fingerprint density at radius 3 is 2.56 bits per heavy atom. The maximum atomic E-state index is 13.5. The van der Waals surface area contributed by atoms with Crippen molar-refractivity contribution in [3.63, 3.8) is 0 Å². The predicted molar refractivity (Wildman–Crippen MR) is 129 cm³/mol. The number of nitrogens with zero attached hydrogens (tertiary/aromatic N) is 2. The molecule has 0 radical (unpaired) electrons. The number of aromatic nitrogens is 1. The molecule has 0 unspecified atom stereocenters. The number of para-hydroxylation sites is 1. The number of benzene rings is 3. The highest BCUT2D eigenvalue weighted by atomic mass is 16.5. The normalized spacial score (nSPS) is 15.4. The van der Waals surface area contributed by atoms with Crippen molar-refractivity contribution in [1.29, 1.82) is 0 Å². The van der Waals surface area contributed by atoms with Gasteiger partial charge in [-0.05, 0) is 36.2 Å². The van der Waals surface area contributed by atoms with Crippen LogP contribution in [0.5, 0.6) is 5.75 Å². The molecular formula is C28H28N2O2. The van der Waals surface area contributed by atoms with Crippen molar-refractivity contribution in [2.24, 2.45) is 7.05 Å². The summed E-state index contributed by atoms with van der Waals surface area (Å²) in [6.45, 7) is 2.91. The Balaban J connectivity index is 1.82. The zero-order chi connectivity index (χ0) is 22.2. The van der Waals surface area contributed by atoms with E-state index in [0.717, 1.165) is 53.0 Å². The van der Waals surface area contributed by atoms with Gasteiger partial charge in [-0.3, -0.25) is 4.79 Å². The van der Waals surface area contributed by atoms with E-state index in [4.69, 9.17) is 4.74 Å². The number of hydrogen-bond donors (Lipinski definition) is 0. The number of carbonyl (C=O) groups is 1. The summed E-state index contributed by atoms with van der Waals surface area (Å²) in [7, 11) is 3.81. The first-order valence-corrected chi connectivity index (χ1v) is 11.3. The van der Waals surface area contributed by atoms with Gasteiger partial charge in [0.1, 0.15) is 5.75 Å².